The fourth-order valence-electron chi connectivity index (χ4n) is 3.91. The van der Waals surface area contributed by atoms with Gasteiger partial charge >= 0.3 is 0 Å². The lowest BCUT2D eigenvalue weighted by Crippen LogP contribution is -2.37. The van der Waals surface area contributed by atoms with Gasteiger partial charge in [0.2, 0.25) is 0 Å². The molecule has 5 rings (SSSR count). The molecule has 0 bridgehead atoms. The Labute approximate surface area is 169 Å². The van der Waals surface area contributed by atoms with Crippen LogP contribution >= 0.6 is 0 Å². The zero-order chi connectivity index (χ0) is 19.8. The average molecular weight is 385 g/mol. The number of benzene rings is 1. The molecular formula is C23H23N5O. The number of hydrogen-bond acceptors (Lipinski definition) is 3. The van der Waals surface area contributed by atoms with Crippen LogP contribution in [0.1, 0.15) is 30.1 Å². The van der Waals surface area contributed by atoms with Crippen LogP contribution in [0, 0.1) is 5.92 Å². The van der Waals surface area contributed by atoms with E-state index in [-0.39, 0.29) is 5.91 Å². The lowest BCUT2D eigenvalue weighted by Gasteiger charge is -2.30. The van der Waals surface area contributed by atoms with Gasteiger partial charge in [-0.1, -0.05) is 6.92 Å². The van der Waals surface area contributed by atoms with Gasteiger partial charge in [0.05, 0.1) is 22.4 Å². The zero-order valence-electron chi connectivity index (χ0n) is 16.4. The molecule has 146 valence electrons. The molecule has 0 atom stereocenters. The monoisotopic (exact) mass is 385 g/mol. The van der Waals surface area contributed by atoms with Crippen molar-refractivity contribution in [1.82, 2.24) is 24.8 Å². The van der Waals surface area contributed by atoms with Crippen molar-refractivity contribution >= 4 is 16.9 Å². The minimum Gasteiger partial charge on any atom is -0.360 e. The zero-order valence-corrected chi connectivity index (χ0v) is 16.4. The van der Waals surface area contributed by atoms with Crippen LogP contribution in [-0.2, 0) is 0 Å². The number of nitrogens with zero attached hydrogens (tertiary/aromatic N) is 3. The Hall–Kier alpha value is -3.41. The van der Waals surface area contributed by atoms with Gasteiger partial charge in [0, 0.05) is 31.0 Å². The summed E-state index contributed by atoms with van der Waals surface area (Å²) in [6.07, 6.45) is 5.88. The number of hydrogen-bond donors (Lipinski definition) is 2. The number of nitrogens with one attached hydrogen (secondary N) is 2. The van der Waals surface area contributed by atoms with Crippen molar-refractivity contribution in [3.63, 3.8) is 0 Å². The molecule has 1 saturated heterocycles. The predicted octanol–water partition coefficient (Wildman–Crippen LogP) is 4.49. The van der Waals surface area contributed by atoms with E-state index in [1.807, 2.05) is 59.8 Å². The summed E-state index contributed by atoms with van der Waals surface area (Å²) in [5.74, 6) is 0.770. The van der Waals surface area contributed by atoms with E-state index in [1.54, 1.807) is 0 Å². The molecule has 0 radical (unpaired) electrons. The summed E-state index contributed by atoms with van der Waals surface area (Å²) < 4.78 is 0. The summed E-state index contributed by atoms with van der Waals surface area (Å²) in [6.45, 7) is 3.89. The van der Waals surface area contributed by atoms with Crippen LogP contribution in [0.2, 0.25) is 0 Å². The number of fused-ring (bicyclic) bond motifs is 1. The third kappa shape index (κ3) is 3.31. The van der Waals surface area contributed by atoms with Gasteiger partial charge < -0.3 is 14.9 Å². The van der Waals surface area contributed by atoms with Gasteiger partial charge in [-0.3, -0.25) is 4.79 Å². The van der Waals surface area contributed by atoms with E-state index < -0.39 is 0 Å². The molecule has 0 unspecified atom stereocenters. The summed E-state index contributed by atoms with van der Waals surface area (Å²) in [5, 5.41) is 0. The highest BCUT2D eigenvalue weighted by Crippen LogP contribution is 2.29. The van der Waals surface area contributed by atoms with Gasteiger partial charge in [-0.2, -0.15) is 0 Å². The Kier molecular flexibility index (Phi) is 4.39. The molecule has 0 aliphatic carbocycles. The lowest BCUT2D eigenvalue weighted by atomic mass is 9.98. The molecule has 0 spiro atoms. The van der Waals surface area contributed by atoms with Crippen LogP contribution in [0.4, 0.5) is 0 Å². The molecule has 1 aliphatic rings. The maximum Gasteiger partial charge on any atom is 0.253 e. The molecule has 1 aromatic carbocycles. The first kappa shape index (κ1) is 17.7. The van der Waals surface area contributed by atoms with Gasteiger partial charge in [-0.15, -0.1) is 0 Å². The quantitative estimate of drug-likeness (QED) is 0.545. The van der Waals surface area contributed by atoms with E-state index in [1.165, 1.54) is 0 Å². The highest BCUT2D eigenvalue weighted by atomic mass is 16.2. The van der Waals surface area contributed by atoms with E-state index in [9.17, 15) is 4.79 Å². The van der Waals surface area contributed by atoms with Crippen molar-refractivity contribution in [1.29, 1.82) is 0 Å². The number of piperidine rings is 1. The van der Waals surface area contributed by atoms with Crippen molar-refractivity contribution in [3.8, 4) is 22.8 Å². The van der Waals surface area contributed by atoms with E-state index >= 15 is 0 Å². The Balaban J connectivity index is 1.57. The first-order valence-corrected chi connectivity index (χ1v) is 10.1. The summed E-state index contributed by atoms with van der Waals surface area (Å²) in [7, 11) is 0. The largest absolute Gasteiger partial charge is 0.360 e. The second-order valence-electron chi connectivity index (χ2n) is 7.77. The normalized spacial score (nSPS) is 15.1. The van der Waals surface area contributed by atoms with Crippen LogP contribution < -0.4 is 0 Å². The first-order chi connectivity index (χ1) is 14.2. The Morgan fingerprint density at radius 3 is 2.14 bits per heavy atom. The molecule has 1 amide bonds. The fourth-order valence-corrected chi connectivity index (χ4v) is 3.91. The SMILES string of the molecule is CC1CCN(C(=O)c2ccc3nc(-c4ccc[nH]4)c(-c4ccc[nH]4)nc3c2)CC1. The Bertz CT molecular complexity index is 1140. The first-order valence-electron chi connectivity index (χ1n) is 10.1. The summed E-state index contributed by atoms with van der Waals surface area (Å²) in [5.41, 5.74) is 5.52. The number of aromatic nitrogens is 4. The van der Waals surface area contributed by atoms with Crippen LogP contribution in [-0.4, -0.2) is 43.8 Å². The molecule has 0 saturated carbocycles. The highest BCUT2D eigenvalue weighted by molar-refractivity contribution is 5.98. The smallest absolute Gasteiger partial charge is 0.253 e. The minimum atomic E-state index is 0.0791. The van der Waals surface area contributed by atoms with Crippen LogP contribution in [0.5, 0.6) is 0 Å². The van der Waals surface area contributed by atoms with Crippen molar-refractivity contribution < 1.29 is 4.79 Å². The third-order valence-electron chi connectivity index (χ3n) is 5.69. The van der Waals surface area contributed by atoms with Crippen LogP contribution in [0.25, 0.3) is 33.8 Å². The molecule has 2 N–H and O–H groups in total. The molecule has 29 heavy (non-hydrogen) atoms. The van der Waals surface area contributed by atoms with Crippen LogP contribution in [0.3, 0.4) is 0 Å². The highest BCUT2D eigenvalue weighted by Gasteiger charge is 2.22. The maximum absolute atomic E-state index is 13.0. The van der Waals surface area contributed by atoms with Gasteiger partial charge in [-0.25, -0.2) is 9.97 Å². The number of H-pyrrole nitrogens is 2. The second kappa shape index (κ2) is 7.20. The number of carbonyl (C=O) groups is 1. The standard InChI is InChI=1S/C23H23N5O/c1-15-8-12-28(13-9-15)23(29)16-6-7-17-20(14-16)27-22(19-5-3-11-25-19)21(26-17)18-4-2-10-24-18/h2-7,10-11,14-15,24-25H,8-9,12-13H2,1H3. The summed E-state index contributed by atoms with van der Waals surface area (Å²) in [6, 6.07) is 13.5. The molecular weight excluding hydrogens is 362 g/mol. The molecule has 4 heterocycles. The molecule has 6 heteroatoms. The molecule has 1 aliphatic heterocycles. The molecule has 3 aromatic heterocycles. The molecule has 1 fully saturated rings. The van der Waals surface area contributed by atoms with Crippen molar-refractivity contribution in [2.24, 2.45) is 5.92 Å². The number of amides is 1. The number of aromatic amines is 2. The van der Waals surface area contributed by atoms with Crippen molar-refractivity contribution in [2.75, 3.05) is 13.1 Å². The molecule has 6 nitrogen and oxygen atoms in total. The summed E-state index contributed by atoms with van der Waals surface area (Å²) in [4.78, 5) is 31.1. The summed E-state index contributed by atoms with van der Waals surface area (Å²) >= 11 is 0. The van der Waals surface area contributed by atoms with Gasteiger partial charge in [-0.05, 0) is 61.2 Å². The van der Waals surface area contributed by atoms with Crippen molar-refractivity contribution in [2.45, 2.75) is 19.8 Å². The predicted molar refractivity (Wildman–Crippen MR) is 113 cm³/mol. The van der Waals surface area contributed by atoms with E-state index in [0.717, 1.165) is 59.7 Å². The number of rotatable bonds is 3. The van der Waals surface area contributed by atoms with Gasteiger partial charge in [0.25, 0.3) is 5.91 Å². The topological polar surface area (TPSA) is 77.7 Å². The average Bonchev–Trinajstić information content (AvgIpc) is 3.46. The van der Waals surface area contributed by atoms with E-state index in [2.05, 4.69) is 16.9 Å². The van der Waals surface area contributed by atoms with E-state index in [4.69, 9.17) is 9.97 Å². The van der Waals surface area contributed by atoms with Gasteiger partial charge in [0.1, 0.15) is 11.4 Å². The van der Waals surface area contributed by atoms with Crippen molar-refractivity contribution in [3.05, 3.63) is 60.4 Å². The Morgan fingerprint density at radius 2 is 1.55 bits per heavy atom. The lowest BCUT2D eigenvalue weighted by molar-refractivity contribution is 0.0697. The number of likely N-dealkylation sites (tertiary alicyclic amines) is 1. The third-order valence-corrected chi connectivity index (χ3v) is 5.69. The van der Waals surface area contributed by atoms with E-state index in [0.29, 0.717) is 11.5 Å². The number of carbonyl (C=O) groups excluding carboxylic acids is 1. The van der Waals surface area contributed by atoms with Gasteiger partial charge in [0.15, 0.2) is 0 Å². The maximum atomic E-state index is 13.0. The Morgan fingerprint density at radius 1 is 0.931 bits per heavy atom. The second-order valence-corrected chi connectivity index (χ2v) is 7.77. The fraction of sp³-hybridized carbons (Fsp3) is 0.261. The molecule has 4 aromatic rings. The minimum absolute atomic E-state index is 0.0791. The van der Waals surface area contributed by atoms with Crippen LogP contribution in [0.15, 0.2) is 54.9 Å².